The summed E-state index contributed by atoms with van der Waals surface area (Å²) >= 11 is 0. The minimum atomic E-state index is -0.00694. The van der Waals surface area contributed by atoms with Crippen molar-refractivity contribution in [2.75, 3.05) is 20.1 Å². The van der Waals surface area contributed by atoms with Crippen LogP contribution in [-0.2, 0) is 0 Å². The summed E-state index contributed by atoms with van der Waals surface area (Å²) in [5.41, 5.74) is 5.04. The molecule has 0 amide bonds. The van der Waals surface area contributed by atoms with Gasteiger partial charge in [0.05, 0.1) is 6.73 Å². The van der Waals surface area contributed by atoms with Crippen LogP contribution in [0, 0.1) is 0 Å². The van der Waals surface area contributed by atoms with Crippen LogP contribution in [0.4, 0.5) is 0 Å². The largest absolute Gasteiger partial charge is 0.381 e. The number of nitrogens with two attached hydrogens (primary N) is 1. The lowest BCUT2D eigenvalue weighted by molar-refractivity contribution is 0.257. The first-order valence-electron chi connectivity index (χ1n) is 2.14. The van der Waals surface area contributed by atoms with Crippen LogP contribution in [0.15, 0.2) is 0 Å². The van der Waals surface area contributed by atoms with Crippen LogP contribution < -0.4 is 16.4 Å². The lowest BCUT2D eigenvalue weighted by atomic mass is 10.9. The molecule has 0 aliphatic rings. The topological polar surface area (TPSA) is 70.3 Å². The van der Waals surface area contributed by atoms with Crippen LogP contribution >= 0.6 is 37.2 Å². The van der Waals surface area contributed by atoms with Gasteiger partial charge in [0.15, 0.2) is 0 Å². The fourth-order valence-corrected chi connectivity index (χ4v) is 0.216. The van der Waals surface area contributed by atoms with E-state index in [1.165, 1.54) is 0 Å². The highest BCUT2D eigenvalue weighted by Gasteiger charge is 1.74. The molecule has 0 aromatic rings. The van der Waals surface area contributed by atoms with Gasteiger partial charge < -0.3 is 10.8 Å². The maximum absolute atomic E-state index is 8.10. The average Bonchev–Trinajstić information content (AvgIpc) is 1.69. The maximum Gasteiger partial charge on any atom is 0.0941 e. The van der Waals surface area contributed by atoms with Gasteiger partial charge in [-0.05, 0) is 0 Å². The summed E-state index contributed by atoms with van der Waals surface area (Å²) in [4.78, 5) is 0. The molecule has 0 bridgehead atoms. The molecule has 5 N–H and O–H groups in total. The predicted molar refractivity (Wildman–Crippen MR) is 49.0 cm³/mol. The molecule has 0 fully saturated rings. The molecule has 7 heteroatoms. The maximum atomic E-state index is 8.10. The highest BCUT2D eigenvalue weighted by Crippen LogP contribution is 1.42. The number of hydrogen-bond donors (Lipinski definition) is 4. The molecule has 68 valence electrons. The van der Waals surface area contributed by atoms with Crippen molar-refractivity contribution >= 4 is 37.2 Å². The Morgan fingerprint density at radius 2 is 1.60 bits per heavy atom. The van der Waals surface area contributed by atoms with Crippen LogP contribution in [0.3, 0.4) is 0 Å². The van der Waals surface area contributed by atoms with E-state index >= 15 is 0 Å². The smallest absolute Gasteiger partial charge is 0.0941 e. The summed E-state index contributed by atoms with van der Waals surface area (Å²) in [6, 6.07) is 0. The van der Waals surface area contributed by atoms with Crippen molar-refractivity contribution in [2.45, 2.75) is 0 Å². The van der Waals surface area contributed by atoms with Crippen molar-refractivity contribution in [1.29, 1.82) is 0 Å². The Morgan fingerprint density at radius 1 is 1.10 bits per heavy atom. The van der Waals surface area contributed by atoms with E-state index in [9.17, 15) is 0 Å². The lowest BCUT2D eigenvalue weighted by Gasteiger charge is -1.97. The molecule has 0 atom stereocenters. The second-order valence-corrected chi connectivity index (χ2v) is 1.04. The van der Waals surface area contributed by atoms with Crippen LogP contribution in [0.2, 0.25) is 0 Å². The number of nitrogens with one attached hydrogen (secondary N) is 2. The second-order valence-electron chi connectivity index (χ2n) is 1.04. The van der Waals surface area contributed by atoms with Gasteiger partial charge in [-0.3, -0.25) is 10.6 Å². The molecule has 0 radical (unpaired) electrons. The highest BCUT2D eigenvalue weighted by molar-refractivity contribution is 5.86. The van der Waals surface area contributed by atoms with Gasteiger partial charge in [-0.1, -0.05) is 0 Å². The van der Waals surface area contributed by atoms with Gasteiger partial charge in [0, 0.05) is 13.3 Å². The average molecular weight is 215 g/mol. The van der Waals surface area contributed by atoms with E-state index < -0.39 is 0 Å². The third-order valence-corrected chi connectivity index (χ3v) is 0.506. The molecule has 0 spiro atoms. The molecule has 0 aliphatic heterocycles. The first-order chi connectivity index (χ1) is 3.41. The van der Waals surface area contributed by atoms with Crippen LogP contribution in [0.5, 0.6) is 0 Å². The SMILES string of the molecule is Cl.Cl.Cl.NCNCNCO. The van der Waals surface area contributed by atoms with Gasteiger partial charge in [0.2, 0.25) is 0 Å². The third kappa shape index (κ3) is 23.3. The van der Waals surface area contributed by atoms with E-state index in [4.69, 9.17) is 10.8 Å². The second kappa shape index (κ2) is 22.6. The molecule has 0 unspecified atom stereocenters. The summed E-state index contributed by atoms with van der Waals surface area (Å²) in [6.07, 6.45) is 0. The molecule has 0 aromatic heterocycles. The van der Waals surface area contributed by atoms with Crippen LogP contribution in [0.25, 0.3) is 0 Å². The fraction of sp³-hybridized carbons (Fsp3) is 1.00. The van der Waals surface area contributed by atoms with Gasteiger partial charge in [0.1, 0.15) is 0 Å². The molecule has 0 heterocycles. The number of halogens is 3. The summed E-state index contributed by atoms with van der Waals surface area (Å²) in [6.45, 7) is 0.993. The zero-order valence-electron chi connectivity index (χ0n) is 5.37. The number of aliphatic hydroxyl groups excluding tert-OH is 1. The van der Waals surface area contributed by atoms with Gasteiger partial charge in [0.25, 0.3) is 0 Å². The molecular formula is C3H14Cl3N3O. The molecule has 10 heavy (non-hydrogen) atoms. The van der Waals surface area contributed by atoms with E-state index in [0.717, 1.165) is 0 Å². The summed E-state index contributed by atoms with van der Waals surface area (Å²) < 4.78 is 0. The Bertz CT molecular complexity index is 38.2. The minimum Gasteiger partial charge on any atom is -0.381 e. The van der Waals surface area contributed by atoms with Gasteiger partial charge in [-0.25, -0.2) is 0 Å². The highest BCUT2D eigenvalue weighted by atomic mass is 35.5. The Labute approximate surface area is 79.2 Å². The first-order valence-corrected chi connectivity index (χ1v) is 2.14. The molecule has 0 saturated carbocycles. The van der Waals surface area contributed by atoms with Crippen LogP contribution in [-0.4, -0.2) is 25.2 Å². The summed E-state index contributed by atoms with van der Waals surface area (Å²) in [7, 11) is 0. The minimum absolute atomic E-state index is 0. The van der Waals surface area contributed by atoms with Gasteiger partial charge in [-0.2, -0.15) is 0 Å². The molecule has 0 aliphatic carbocycles. The van der Waals surface area contributed by atoms with E-state index in [2.05, 4.69) is 10.6 Å². The van der Waals surface area contributed by atoms with E-state index in [1.54, 1.807) is 0 Å². The Morgan fingerprint density at radius 3 is 1.90 bits per heavy atom. The number of rotatable bonds is 4. The zero-order chi connectivity index (χ0) is 5.54. The van der Waals surface area contributed by atoms with E-state index in [1.807, 2.05) is 0 Å². The van der Waals surface area contributed by atoms with Crippen molar-refractivity contribution in [2.24, 2.45) is 5.73 Å². The molecule has 0 saturated heterocycles. The number of aliphatic hydroxyl groups is 1. The fourth-order valence-electron chi connectivity index (χ4n) is 0.216. The Hall–Kier alpha value is 0.710. The van der Waals surface area contributed by atoms with Crippen molar-refractivity contribution in [1.82, 2.24) is 10.6 Å². The molecule has 0 aromatic carbocycles. The summed E-state index contributed by atoms with van der Waals surface area (Å²) in [5.74, 6) is 0. The van der Waals surface area contributed by atoms with Gasteiger partial charge >= 0.3 is 0 Å². The van der Waals surface area contributed by atoms with E-state index in [-0.39, 0.29) is 44.0 Å². The van der Waals surface area contributed by atoms with Gasteiger partial charge in [-0.15, -0.1) is 37.2 Å². The Kier molecular flexibility index (Phi) is 50.7. The summed E-state index contributed by atoms with van der Waals surface area (Å²) in [5, 5.41) is 13.5. The van der Waals surface area contributed by atoms with Crippen molar-refractivity contribution in [3.63, 3.8) is 0 Å². The molecule has 4 nitrogen and oxygen atoms in total. The standard InChI is InChI=1S/C3H11N3O.3ClH/c4-1-5-2-6-3-7;;;/h5-7H,1-4H2;3*1H. The third-order valence-electron chi connectivity index (χ3n) is 0.506. The Balaban J connectivity index is -0.0000000600. The normalized spacial score (nSPS) is 6.60. The molecule has 0 rings (SSSR count). The van der Waals surface area contributed by atoms with E-state index in [0.29, 0.717) is 13.3 Å². The zero-order valence-corrected chi connectivity index (χ0v) is 7.82. The van der Waals surface area contributed by atoms with Crippen molar-refractivity contribution in [3.8, 4) is 0 Å². The predicted octanol–water partition coefficient (Wildman–Crippen LogP) is -0.746. The van der Waals surface area contributed by atoms with Crippen molar-refractivity contribution in [3.05, 3.63) is 0 Å². The van der Waals surface area contributed by atoms with Crippen LogP contribution in [0.1, 0.15) is 0 Å². The monoisotopic (exact) mass is 213 g/mol. The molecular weight excluding hydrogens is 200 g/mol. The lowest BCUT2D eigenvalue weighted by Crippen LogP contribution is -2.33. The van der Waals surface area contributed by atoms with Crippen molar-refractivity contribution < 1.29 is 5.11 Å². The number of hydrogen-bond acceptors (Lipinski definition) is 4. The first kappa shape index (κ1) is 22.4. The quantitative estimate of drug-likeness (QED) is 0.367.